The van der Waals surface area contributed by atoms with E-state index in [1.54, 1.807) is 7.11 Å². The third-order valence-electron chi connectivity index (χ3n) is 4.49. The van der Waals surface area contributed by atoms with Crippen LogP contribution in [0.15, 0.2) is 60.9 Å². The monoisotopic (exact) mass is 391 g/mol. The van der Waals surface area contributed by atoms with Gasteiger partial charge in [0.2, 0.25) is 0 Å². The molecule has 3 rings (SSSR count). The molecule has 0 fully saturated rings. The van der Waals surface area contributed by atoms with Crippen LogP contribution in [0.5, 0.6) is 11.5 Å². The van der Waals surface area contributed by atoms with Crippen molar-refractivity contribution in [3.05, 3.63) is 72.2 Å². The highest BCUT2D eigenvalue weighted by Crippen LogP contribution is 2.21. The molecular weight excluding hydrogens is 366 g/mol. The fourth-order valence-corrected chi connectivity index (χ4v) is 2.75. The van der Waals surface area contributed by atoms with Gasteiger partial charge in [-0.15, -0.1) is 0 Å². The van der Waals surface area contributed by atoms with Gasteiger partial charge in [-0.05, 0) is 53.9 Å². The summed E-state index contributed by atoms with van der Waals surface area (Å²) in [5.41, 5.74) is 3.70. The van der Waals surface area contributed by atoms with Gasteiger partial charge in [-0.1, -0.05) is 26.0 Å². The molecule has 1 amide bonds. The third-order valence-corrected chi connectivity index (χ3v) is 4.49. The van der Waals surface area contributed by atoms with Crippen LogP contribution in [0.2, 0.25) is 0 Å². The number of carbonyl (C=O) groups excluding carboxylic acids is 1. The van der Waals surface area contributed by atoms with E-state index < -0.39 is 0 Å². The van der Waals surface area contributed by atoms with E-state index in [0.717, 1.165) is 22.7 Å². The Morgan fingerprint density at radius 1 is 1.00 bits per heavy atom. The van der Waals surface area contributed by atoms with Crippen molar-refractivity contribution in [1.82, 2.24) is 15.3 Å². The van der Waals surface area contributed by atoms with Crippen LogP contribution in [0.4, 0.5) is 0 Å². The number of hydrogen-bond donors (Lipinski definition) is 1. The van der Waals surface area contributed by atoms with E-state index in [-0.39, 0.29) is 12.5 Å². The van der Waals surface area contributed by atoms with Crippen molar-refractivity contribution in [3.63, 3.8) is 0 Å². The number of methoxy groups -OCH3 is 1. The van der Waals surface area contributed by atoms with Crippen LogP contribution in [-0.4, -0.2) is 29.6 Å². The van der Waals surface area contributed by atoms with Gasteiger partial charge in [0, 0.05) is 5.56 Å². The van der Waals surface area contributed by atoms with Crippen LogP contribution in [0.3, 0.4) is 0 Å². The summed E-state index contributed by atoms with van der Waals surface area (Å²) < 4.78 is 10.7. The minimum atomic E-state index is -0.206. The summed E-state index contributed by atoms with van der Waals surface area (Å²) in [6.45, 7) is 4.53. The number of amides is 1. The van der Waals surface area contributed by atoms with Crippen LogP contribution in [0, 0.1) is 0 Å². The van der Waals surface area contributed by atoms with Crippen molar-refractivity contribution in [2.24, 2.45) is 0 Å². The first-order valence-corrected chi connectivity index (χ1v) is 9.50. The van der Waals surface area contributed by atoms with E-state index in [1.165, 1.54) is 11.9 Å². The van der Waals surface area contributed by atoms with Gasteiger partial charge in [-0.2, -0.15) is 0 Å². The molecule has 0 unspecified atom stereocenters. The highest BCUT2D eigenvalue weighted by atomic mass is 16.5. The molecule has 150 valence electrons. The number of nitrogens with zero attached hydrogens (tertiary/aromatic N) is 2. The van der Waals surface area contributed by atoms with Crippen molar-refractivity contribution in [2.75, 3.05) is 13.7 Å². The van der Waals surface area contributed by atoms with Gasteiger partial charge in [0.05, 0.1) is 25.0 Å². The SMILES string of the molecule is COc1ccc(-c2cc(CNC(=O)COc3ccc(C(C)C)cc3)ncn2)cc1. The van der Waals surface area contributed by atoms with E-state index >= 15 is 0 Å². The Morgan fingerprint density at radius 3 is 2.34 bits per heavy atom. The first-order chi connectivity index (χ1) is 14.0. The number of benzene rings is 2. The average Bonchev–Trinajstić information content (AvgIpc) is 2.77. The molecule has 0 saturated carbocycles. The number of aromatic nitrogens is 2. The van der Waals surface area contributed by atoms with Crippen LogP contribution in [0.1, 0.15) is 31.0 Å². The summed E-state index contributed by atoms with van der Waals surface area (Å²) in [4.78, 5) is 20.6. The van der Waals surface area contributed by atoms with E-state index in [0.29, 0.717) is 18.2 Å². The van der Waals surface area contributed by atoms with Gasteiger partial charge in [-0.25, -0.2) is 9.97 Å². The first-order valence-electron chi connectivity index (χ1n) is 9.50. The molecule has 1 heterocycles. The third kappa shape index (κ3) is 5.78. The second-order valence-electron chi connectivity index (χ2n) is 6.91. The minimum Gasteiger partial charge on any atom is -0.497 e. The molecule has 0 bridgehead atoms. The Labute approximate surface area is 170 Å². The van der Waals surface area contributed by atoms with Gasteiger partial charge in [0.15, 0.2) is 6.61 Å². The smallest absolute Gasteiger partial charge is 0.258 e. The summed E-state index contributed by atoms with van der Waals surface area (Å²) in [7, 11) is 1.63. The van der Waals surface area contributed by atoms with Crippen LogP contribution < -0.4 is 14.8 Å². The fourth-order valence-electron chi connectivity index (χ4n) is 2.75. The zero-order chi connectivity index (χ0) is 20.6. The maximum Gasteiger partial charge on any atom is 0.258 e. The Balaban J connectivity index is 1.52. The van der Waals surface area contributed by atoms with Crippen LogP contribution in [0.25, 0.3) is 11.3 Å². The molecule has 2 aromatic carbocycles. The number of rotatable bonds is 8. The molecule has 0 saturated heterocycles. The van der Waals surface area contributed by atoms with Gasteiger partial charge in [-0.3, -0.25) is 4.79 Å². The first kappa shape index (κ1) is 20.3. The fraction of sp³-hybridized carbons (Fsp3) is 0.261. The Kier molecular flexibility index (Phi) is 6.79. The lowest BCUT2D eigenvalue weighted by Gasteiger charge is -2.10. The predicted octanol–water partition coefficient (Wildman–Crippen LogP) is 3.97. The maximum absolute atomic E-state index is 12.1. The highest BCUT2D eigenvalue weighted by molar-refractivity contribution is 5.77. The molecule has 3 aromatic rings. The van der Waals surface area contributed by atoms with Crippen molar-refractivity contribution < 1.29 is 14.3 Å². The lowest BCUT2D eigenvalue weighted by Crippen LogP contribution is -2.28. The van der Waals surface area contributed by atoms with Crippen molar-refractivity contribution >= 4 is 5.91 Å². The van der Waals surface area contributed by atoms with Crippen molar-refractivity contribution in [3.8, 4) is 22.8 Å². The normalized spacial score (nSPS) is 10.6. The lowest BCUT2D eigenvalue weighted by atomic mass is 10.0. The van der Waals surface area contributed by atoms with Crippen molar-refractivity contribution in [1.29, 1.82) is 0 Å². The van der Waals surface area contributed by atoms with Crippen LogP contribution >= 0.6 is 0 Å². The highest BCUT2D eigenvalue weighted by Gasteiger charge is 2.07. The lowest BCUT2D eigenvalue weighted by molar-refractivity contribution is -0.123. The zero-order valence-electron chi connectivity index (χ0n) is 16.9. The molecule has 0 spiro atoms. The quantitative estimate of drug-likeness (QED) is 0.629. The molecule has 0 radical (unpaired) electrons. The Morgan fingerprint density at radius 2 is 1.69 bits per heavy atom. The standard InChI is InChI=1S/C23H25N3O3/c1-16(2)17-4-10-21(11-5-17)29-14-23(27)24-13-19-12-22(26-15-25-19)18-6-8-20(28-3)9-7-18/h4-12,15-16H,13-14H2,1-3H3,(H,24,27). The largest absolute Gasteiger partial charge is 0.497 e. The molecule has 1 aromatic heterocycles. The summed E-state index contributed by atoms with van der Waals surface area (Å²) in [6, 6.07) is 17.3. The minimum absolute atomic E-state index is 0.0442. The van der Waals surface area contributed by atoms with Crippen molar-refractivity contribution in [2.45, 2.75) is 26.3 Å². The van der Waals surface area contributed by atoms with E-state index in [9.17, 15) is 4.79 Å². The topological polar surface area (TPSA) is 73.3 Å². The molecule has 1 N–H and O–H groups in total. The average molecular weight is 391 g/mol. The second-order valence-corrected chi connectivity index (χ2v) is 6.91. The Bertz CT molecular complexity index is 938. The van der Waals surface area contributed by atoms with Crippen LogP contribution in [-0.2, 0) is 11.3 Å². The predicted molar refractivity (Wildman–Crippen MR) is 112 cm³/mol. The Hall–Kier alpha value is -3.41. The van der Waals surface area contributed by atoms with Gasteiger partial charge in [0.1, 0.15) is 17.8 Å². The molecule has 29 heavy (non-hydrogen) atoms. The van der Waals surface area contributed by atoms with E-state index in [1.807, 2.05) is 54.6 Å². The molecule has 0 aliphatic rings. The number of ether oxygens (including phenoxy) is 2. The molecule has 0 atom stereocenters. The summed E-state index contributed by atoms with van der Waals surface area (Å²) in [6.07, 6.45) is 1.49. The van der Waals surface area contributed by atoms with Gasteiger partial charge >= 0.3 is 0 Å². The number of hydrogen-bond acceptors (Lipinski definition) is 5. The summed E-state index contributed by atoms with van der Waals surface area (Å²) >= 11 is 0. The van der Waals surface area contributed by atoms with Gasteiger partial charge < -0.3 is 14.8 Å². The molecule has 6 heteroatoms. The van der Waals surface area contributed by atoms with Gasteiger partial charge in [0.25, 0.3) is 5.91 Å². The second kappa shape index (κ2) is 9.68. The van der Waals surface area contributed by atoms with E-state index in [2.05, 4.69) is 29.1 Å². The zero-order valence-corrected chi connectivity index (χ0v) is 16.9. The maximum atomic E-state index is 12.1. The molecule has 0 aliphatic carbocycles. The molecular formula is C23H25N3O3. The summed E-state index contributed by atoms with van der Waals surface area (Å²) in [5, 5.41) is 2.82. The number of carbonyl (C=O) groups is 1. The molecule has 6 nitrogen and oxygen atoms in total. The summed E-state index contributed by atoms with van der Waals surface area (Å²) in [5.74, 6) is 1.72. The molecule has 0 aliphatic heterocycles. The number of nitrogens with one attached hydrogen (secondary N) is 1. The van der Waals surface area contributed by atoms with E-state index in [4.69, 9.17) is 9.47 Å².